The molecule has 0 radical (unpaired) electrons. The summed E-state index contributed by atoms with van der Waals surface area (Å²) in [6.45, 7) is 7.73. The third-order valence-corrected chi connectivity index (χ3v) is 3.15. The van der Waals surface area contributed by atoms with E-state index in [-0.39, 0.29) is 5.91 Å². The Morgan fingerprint density at radius 1 is 1.19 bits per heavy atom. The average molecular weight is 290 g/mol. The zero-order valence-electron chi connectivity index (χ0n) is 13.4. The first-order valence-corrected chi connectivity index (χ1v) is 7.28. The number of nitrogens with one attached hydrogen (secondary N) is 3. The minimum Gasteiger partial charge on any atom is -0.359 e. The van der Waals surface area contributed by atoms with Gasteiger partial charge in [-0.1, -0.05) is 30.3 Å². The number of benzene rings is 1. The van der Waals surface area contributed by atoms with Gasteiger partial charge in [-0.15, -0.1) is 0 Å². The molecule has 0 unspecified atom stereocenters. The van der Waals surface area contributed by atoms with Gasteiger partial charge in [0.2, 0.25) is 5.91 Å². The molecular weight excluding hydrogens is 264 g/mol. The van der Waals surface area contributed by atoms with Gasteiger partial charge in [-0.25, -0.2) is 4.99 Å². The summed E-state index contributed by atoms with van der Waals surface area (Å²) in [6, 6.07) is 10.1. The molecule has 0 spiro atoms. The van der Waals surface area contributed by atoms with E-state index in [0.29, 0.717) is 13.1 Å². The van der Waals surface area contributed by atoms with Crippen LogP contribution in [0.1, 0.15) is 26.3 Å². The van der Waals surface area contributed by atoms with Gasteiger partial charge in [0.05, 0.1) is 12.0 Å². The molecular formula is C16H26N4O. The fourth-order valence-electron chi connectivity index (χ4n) is 1.82. The zero-order chi connectivity index (χ0) is 15.7. The monoisotopic (exact) mass is 290 g/mol. The number of carbonyl (C=O) groups excluding carboxylic acids is 1. The molecule has 0 saturated heterocycles. The Morgan fingerprint density at radius 3 is 2.43 bits per heavy atom. The molecule has 5 heteroatoms. The second-order valence-electron chi connectivity index (χ2n) is 5.50. The Balaban J connectivity index is 2.63. The number of nitrogens with zero attached hydrogens (tertiary/aromatic N) is 1. The fourth-order valence-corrected chi connectivity index (χ4v) is 1.82. The van der Waals surface area contributed by atoms with Crippen LogP contribution in [0, 0.1) is 5.41 Å². The van der Waals surface area contributed by atoms with E-state index in [4.69, 9.17) is 0 Å². The van der Waals surface area contributed by atoms with E-state index in [1.165, 1.54) is 0 Å². The van der Waals surface area contributed by atoms with Gasteiger partial charge in [0.25, 0.3) is 0 Å². The van der Waals surface area contributed by atoms with E-state index in [2.05, 4.69) is 20.9 Å². The maximum absolute atomic E-state index is 11.8. The Kier molecular flexibility index (Phi) is 6.72. The Bertz CT molecular complexity index is 468. The molecule has 1 aromatic carbocycles. The third kappa shape index (κ3) is 5.85. The molecule has 0 saturated carbocycles. The van der Waals surface area contributed by atoms with Gasteiger partial charge >= 0.3 is 0 Å². The molecule has 0 heterocycles. The summed E-state index contributed by atoms with van der Waals surface area (Å²) >= 11 is 0. The second-order valence-corrected chi connectivity index (χ2v) is 5.50. The number of rotatable bonds is 6. The summed E-state index contributed by atoms with van der Waals surface area (Å²) in [5.74, 6) is 0.729. The largest absolute Gasteiger partial charge is 0.359 e. The van der Waals surface area contributed by atoms with Crippen molar-refractivity contribution < 1.29 is 4.79 Å². The average Bonchev–Trinajstić information content (AvgIpc) is 2.50. The lowest BCUT2D eigenvalue weighted by atomic mass is 9.92. The van der Waals surface area contributed by atoms with Gasteiger partial charge in [0.15, 0.2) is 5.96 Å². The molecule has 0 atom stereocenters. The molecule has 0 aromatic heterocycles. The van der Waals surface area contributed by atoms with Crippen molar-refractivity contribution in [2.45, 2.75) is 27.3 Å². The van der Waals surface area contributed by atoms with Gasteiger partial charge in [0, 0.05) is 20.1 Å². The predicted octanol–water partition coefficient (Wildman–Crippen LogP) is 1.51. The van der Waals surface area contributed by atoms with Crippen molar-refractivity contribution in [2.24, 2.45) is 10.4 Å². The van der Waals surface area contributed by atoms with E-state index in [0.717, 1.165) is 18.1 Å². The second kappa shape index (κ2) is 8.29. The smallest absolute Gasteiger partial charge is 0.227 e. The van der Waals surface area contributed by atoms with E-state index >= 15 is 0 Å². The fraction of sp³-hybridized carbons (Fsp3) is 0.500. The number of amides is 1. The normalized spacial score (nSPS) is 11.9. The summed E-state index contributed by atoms with van der Waals surface area (Å²) in [7, 11) is 1.65. The molecule has 116 valence electrons. The van der Waals surface area contributed by atoms with Crippen LogP contribution in [0.15, 0.2) is 35.3 Å². The first-order valence-electron chi connectivity index (χ1n) is 7.28. The third-order valence-electron chi connectivity index (χ3n) is 3.15. The van der Waals surface area contributed by atoms with Crippen LogP contribution in [-0.4, -0.2) is 32.0 Å². The summed E-state index contributed by atoms with van der Waals surface area (Å²) in [5, 5.41) is 9.09. The van der Waals surface area contributed by atoms with Crippen molar-refractivity contribution in [3.8, 4) is 0 Å². The van der Waals surface area contributed by atoms with Crippen molar-refractivity contribution >= 4 is 11.9 Å². The van der Waals surface area contributed by atoms with Crippen molar-refractivity contribution in [1.82, 2.24) is 16.0 Å². The maximum atomic E-state index is 11.8. The minimum absolute atomic E-state index is 0.00825. The molecule has 1 amide bonds. The SMILES string of the molecule is CCNC(=NCc1ccccc1)NCC(C)(C)C(=O)NC. The Hall–Kier alpha value is -2.04. The minimum atomic E-state index is -0.488. The van der Waals surface area contributed by atoms with Crippen LogP contribution in [0.5, 0.6) is 0 Å². The van der Waals surface area contributed by atoms with Crippen LogP contribution in [-0.2, 0) is 11.3 Å². The highest BCUT2D eigenvalue weighted by molar-refractivity contribution is 5.84. The summed E-state index contributed by atoms with van der Waals surface area (Å²) < 4.78 is 0. The lowest BCUT2D eigenvalue weighted by molar-refractivity contribution is -0.128. The summed E-state index contributed by atoms with van der Waals surface area (Å²) in [5.41, 5.74) is 0.665. The van der Waals surface area contributed by atoms with Gasteiger partial charge in [-0.3, -0.25) is 4.79 Å². The van der Waals surface area contributed by atoms with Crippen LogP contribution in [0.4, 0.5) is 0 Å². The lowest BCUT2D eigenvalue weighted by Crippen LogP contribution is -2.47. The van der Waals surface area contributed by atoms with Gasteiger partial charge in [0.1, 0.15) is 0 Å². The molecule has 0 bridgehead atoms. The van der Waals surface area contributed by atoms with E-state index < -0.39 is 5.41 Å². The topological polar surface area (TPSA) is 65.5 Å². The molecule has 21 heavy (non-hydrogen) atoms. The molecule has 0 aliphatic rings. The number of guanidine groups is 1. The highest BCUT2D eigenvalue weighted by atomic mass is 16.2. The highest BCUT2D eigenvalue weighted by Gasteiger charge is 2.26. The first-order chi connectivity index (χ1) is 9.99. The van der Waals surface area contributed by atoms with Gasteiger partial charge < -0.3 is 16.0 Å². The van der Waals surface area contributed by atoms with Crippen LogP contribution >= 0.6 is 0 Å². The molecule has 0 aliphatic heterocycles. The predicted molar refractivity (Wildman–Crippen MR) is 87.1 cm³/mol. The van der Waals surface area contributed by atoms with Crippen molar-refractivity contribution in [3.63, 3.8) is 0 Å². The quantitative estimate of drug-likeness (QED) is 0.550. The van der Waals surface area contributed by atoms with Crippen molar-refractivity contribution in [3.05, 3.63) is 35.9 Å². The van der Waals surface area contributed by atoms with Crippen molar-refractivity contribution in [1.29, 1.82) is 0 Å². The molecule has 1 rings (SSSR count). The summed E-state index contributed by atoms with van der Waals surface area (Å²) in [4.78, 5) is 16.3. The number of hydrogen-bond donors (Lipinski definition) is 3. The molecule has 0 fully saturated rings. The number of carbonyl (C=O) groups is 1. The highest BCUT2D eigenvalue weighted by Crippen LogP contribution is 2.13. The Morgan fingerprint density at radius 2 is 1.86 bits per heavy atom. The standard InChI is InChI=1S/C16H26N4O/c1-5-18-15(19-11-13-9-7-6-8-10-13)20-12-16(2,3)14(21)17-4/h6-10H,5,11-12H2,1-4H3,(H,17,21)(H2,18,19,20). The zero-order valence-corrected chi connectivity index (χ0v) is 13.4. The van der Waals surface area contributed by atoms with Gasteiger partial charge in [-0.2, -0.15) is 0 Å². The van der Waals surface area contributed by atoms with Crippen LogP contribution < -0.4 is 16.0 Å². The lowest BCUT2D eigenvalue weighted by Gasteiger charge is -2.24. The van der Waals surface area contributed by atoms with Crippen LogP contribution in [0.2, 0.25) is 0 Å². The summed E-state index contributed by atoms with van der Waals surface area (Å²) in [6.07, 6.45) is 0. The number of hydrogen-bond acceptors (Lipinski definition) is 2. The molecule has 5 nitrogen and oxygen atoms in total. The van der Waals surface area contributed by atoms with Gasteiger partial charge in [-0.05, 0) is 26.3 Å². The molecule has 0 aliphatic carbocycles. The van der Waals surface area contributed by atoms with Crippen LogP contribution in [0.25, 0.3) is 0 Å². The molecule has 3 N–H and O–H groups in total. The number of aliphatic imine (C=N–C) groups is 1. The van der Waals surface area contributed by atoms with E-state index in [9.17, 15) is 4.79 Å². The van der Waals surface area contributed by atoms with E-state index in [1.54, 1.807) is 7.05 Å². The Labute approximate surface area is 127 Å². The van der Waals surface area contributed by atoms with Crippen LogP contribution in [0.3, 0.4) is 0 Å². The van der Waals surface area contributed by atoms with Crippen molar-refractivity contribution in [2.75, 3.05) is 20.1 Å². The van der Waals surface area contributed by atoms with E-state index in [1.807, 2.05) is 51.1 Å². The maximum Gasteiger partial charge on any atom is 0.227 e. The molecule has 1 aromatic rings. The first kappa shape index (κ1) is 17.0.